The summed E-state index contributed by atoms with van der Waals surface area (Å²) in [6.07, 6.45) is 2.87. The summed E-state index contributed by atoms with van der Waals surface area (Å²) in [6, 6.07) is 17.3. The van der Waals surface area contributed by atoms with E-state index in [0.717, 1.165) is 67.8 Å². The Morgan fingerprint density at radius 3 is 2.66 bits per heavy atom. The van der Waals surface area contributed by atoms with Crippen LogP contribution in [0.15, 0.2) is 60.8 Å². The summed E-state index contributed by atoms with van der Waals surface area (Å²) in [5.74, 6) is 1.54. The van der Waals surface area contributed by atoms with E-state index >= 15 is 0 Å². The Morgan fingerprint density at radius 2 is 1.85 bits per heavy atom. The molecule has 3 aromatic rings. The zero-order valence-corrected chi connectivity index (χ0v) is 23.4. The molecular formula is C31H41F2N5O3. The van der Waals surface area contributed by atoms with E-state index < -0.39 is 25.4 Å². The first-order valence-electron chi connectivity index (χ1n) is 14.4. The van der Waals surface area contributed by atoms with Crippen molar-refractivity contribution in [2.24, 2.45) is 0 Å². The highest BCUT2D eigenvalue weighted by molar-refractivity contribution is 5.66. The number of halogens is 2. The van der Waals surface area contributed by atoms with Gasteiger partial charge in [-0.25, -0.2) is 18.7 Å². The van der Waals surface area contributed by atoms with Crippen molar-refractivity contribution in [2.75, 3.05) is 50.0 Å². The number of fused-ring (bicyclic) bond motifs is 1. The van der Waals surface area contributed by atoms with E-state index in [-0.39, 0.29) is 6.61 Å². The lowest BCUT2D eigenvalue weighted by Gasteiger charge is -2.27. The van der Waals surface area contributed by atoms with Crippen molar-refractivity contribution in [3.8, 4) is 11.1 Å². The SMILES string of the molecule is OC(O)[C@H](CCN(CCCCc1ccc2c(n1)NCCC2)CCOCC(F)F)Nc1cc(-c2ccccc2)ccn1. The maximum Gasteiger partial charge on any atom is 0.261 e. The van der Waals surface area contributed by atoms with Crippen molar-refractivity contribution in [2.45, 2.75) is 57.3 Å². The summed E-state index contributed by atoms with van der Waals surface area (Å²) in [6.45, 7) is 2.30. The van der Waals surface area contributed by atoms with Crippen LogP contribution in [0.3, 0.4) is 0 Å². The minimum absolute atomic E-state index is 0.183. The molecule has 4 N–H and O–H groups in total. The minimum Gasteiger partial charge on any atom is -0.374 e. The molecule has 0 radical (unpaired) electrons. The molecule has 1 aliphatic heterocycles. The molecule has 1 aromatic carbocycles. The number of hydrogen-bond donors (Lipinski definition) is 4. The number of alkyl halides is 2. The second kappa shape index (κ2) is 16.3. The highest BCUT2D eigenvalue weighted by Crippen LogP contribution is 2.22. The maximum absolute atomic E-state index is 12.5. The van der Waals surface area contributed by atoms with E-state index in [0.29, 0.717) is 25.3 Å². The molecule has 0 saturated carbocycles. The van der Waals surface area contributed by atoms with Crippen molar-refractivity contribution in [3.63, 3.8) is 0 Å². The number of aliphatic hydroxyl groups is 2. The zero-order chi connectivity index (χ0) is 28.9. The lowest BCUT2D eigenvalue weighted by molar-refractivity contribution is -0.0564. The van der Waals surface area contributed by atoms with Gasteiger partial charge in [-0.1, -0.05) is 36.4 Å². The standard InChI is InChI=1S/C31H41F2N5O3/c32-28(33)22-41-20-19-38(17-5-4-10-26-12-11-24-9-6-15-35-30(24)36-26)18-14-27(31(39)40)37-29-21-25(13-16-34-29)23-7-2-1-3-8-23/h1-3,7-8,11-13,16,21,27-28,31,39-40H,4-6,9-10,14-15,17-20,22H2,(H,34,37)(H,35,36)/t27-/m0/s1. The van der Waals surface area contributed by atoms with Gasteiger partial charge in [-0.3, -0.25) is 0 Å². The van der Waals surface area contributed by atoms with Crippen LogP contribution in [0, 0.1) is 0 Å². The number of nitrogens with zero attached hydrogens (tertiary/aromatic N) is 3. The van der Waals surface area contributed by atoms with Crippen LogP contribution < -0.4 is 10.6 Å². The van der Waals surface area contributed by atoms with E-state index in [1.807, 2.05) is 42.5 Å². The molecule has 0 aliphatic carbocycles. The lowest BCUT2D eigenvalue weighted by Crippen LogP contribution is -2.39. The van der Waals surface area contributed by atoms with E-state index in [4.69, 9.17) is 9.72 Å². The van der Waals surface area contributed by atoms with Gasteiger partial charge in [0.2, 0.25) is 0 Å². The van der Waals surface area contributed by atoms with Gasteiger partial charge >= 0.3 is 0 Å². The monoisotopic (exact) mass is 569 g/mol. The average Bonchev–Trinajstić information content (AvgIpc) is 2.99. The van der Waals surface area contributed by atoms with Crippen molar-refractivity contribution in [1.82, 2.24) is 14.9 Å². The van der Waals surface area contributed by atoms with Crippen LogP contribution in [0.4, 0.5) is 20.4 Å². The van der Waals surface area contributed by atoms with Gasteiger partial charge in [0.05, 0.1) is 12.6 Å². The summed E-state index contributed by atoms with van der Waals surface area (Å²) < 4.78 is 30.2. The molecule has 3 heterocycles. The smallest absolute Gasteiger partial charge is 0.261 e. The summed E-state index contributed by atoms with van der Waals surface area (Å²) >= 11 is 0. The second-order valence-electron chi connectivity index (χ2n) is 10.4. The molecule has 10 heteroatoms. The Hall–Kier alpha value is -3.18. The quantitative estimate of drug-likeness (QED) is 0.138. The normalized spacial score (nSPS) is 13.8. The molecular weight excluding hydrogens is 528 g/mol. The molecule has 0 bridgehead atoms. The van der Waals surface area contributed by atoms with Crippen molar-refractivity contribution in [1.29, 1.82) is 0 Å². The number of nitrogens with one attached hydrogen (secondary N) is 2. The topological polar surface area (TPSA) is 103 Å². The third kappa shape index (κ3) is 10.3. The number of aryl methyl sites for hydroxylation is 2. The van der Waals surface area contributed by atoms with Crippen LogP contribution in [-0.4, -0.2) is 83.2 Å². The molecule has 0 unspecified atom stereocenters. The van der Waals surface area contributed by atoms with E-state index in [2.05, 4.69) is 32.7 Å². The Morgan fingerprint density at radius 1 is 1.00 bits per heavy atom. The fourth-order valence-corrected chi connectivity index (χ4v) is 4.98. The Balaban J connectivity index is 1.30. The molecule has 8 nitrogen and oxygen atoms in total. The van der Waals surface area contributed by atoms with Crippen LogP contribution in [0.25, 0.3) is 11.1 Å². The number of pyridine rings is 2. The summed E-state index contributed by atoms with van der Waals surface area (Å²) in [5, 5.41) is 26.7. The first kappa shape index (κ1) is 30.8. The fraction of sp³-hybridized carbons (Fsp3) is 0.484. The molecule has 2 aromatic heterocycles. The number of hydrogen-bond acceptors (Lipinski definition) is 8. The maximum atomic E-state index is 12.5. The van der Waals surface area contributed by atoms with Crippen LogP contribution in [0.5, 0.6) is 0 Å². The number of aromatic nitrogens is 2. The Labute approximate surface area is 240 Å². The molecule has 0 amide bonds. The van der Waals surface area contributed by atoms with Crippen molar-refractivity contribution >= 4 is 11.6 Å². The lowest BCUT2D eigenvalue weighted by atomic mass is 10.1. The van der Waals surface area contributed by atoms with Gasteiger partial charge in [0.1, 0.15) is 18.2 Å². The molecule has 1 aliphatic rings. The number of aliphatic hydroxyl groups excluding tert-OH is 1. The molecule has 222 valence electrons. The zero-order valence-electron chi connectivity index (χ0n) is 23.4. The number of anilines is 2. The largest absolute Gasteiger partial charge is 0.374 e. The highest BCUT2D eigenvalue weighted by atomic mass is 19.3. The van der Waals surface area contributed by atoms with Gasteiger partial charge in [0.15, 0.2) is 6.29 Å². The van der Waals surface area contributed by atoms with Crippen LogP contribution in [0.1, 0.15) is 36.9 Å². The van der Waals surface area contributed by atoms with Gasteiger partial charge in [-0.2, -0.15) is 0 Å². The van der Waals surface area contributed by atoms with Gasteiger partial charge < -0.3 is 30.5 Å². The number of rotatable bonds is 17. The predicted octanol–water partition coefficient (Wildman–Crippen LogP) is 4.59. The molecule has 0 fully saturated rings. The van der Waals surface area contributed by atoms with E-state index in [9.17, 15) is 19.0 Å². The summed E-state index contributed by atoms with van der Waals surface area (Å²) in [4.78, 5) is 11.2. The molecule has 1 atom stereocenters. The number of ether oxygens (including phenoxy) is 1. The minimum atomic E-state index is -2.50. The summed E-state index contributed by atoms with van der Waals surface area (Å²) in [7, 11) is 0. The number of unbranched alkanes of at least 4 members (excludes halogenated alkanes) is 1. The van der Waals surface area contributed by atoms with Crippen molar-refractivity contribution < 1.29 is 23.7 Å². The van der Waals surface area contributed by atoms with E-state index in [1.54, 1.807) is 6.20 Å². The summed E-state index contributed by atoms with van der Waals surface area (Å²) in [5.41, 5.74) is 4.33. The molecule has 0 saturated heterocycles. The average molecular weight is 570 g/mol. The number of benzene rings is 1. The van der Waals surface area contributed by atoms with Gasteiger partial charge in [0.25, 0.3) is 6.43 Å². The Kier molecular flexibility index (Phi) is 12.2. The predicted molar refractivity (Wildman–Crippen MR) is 157 cm³/mol. The van der Waals surface area contributed by atoms with Crippen LogP contribution >= 0.6 is 0 Å². The fourth-order valence-electron chi connectivity index (χ4n) is 4.98. The van der Waals surface area contributed by atoms with Crippen molar-refractivity contribution in [3.05, 3.63) is 72.1 Å². The molecule has 41 heavy (non-hydrogen) atoms. The molecule has 0 spiro atoms. The Bertz CT molecular complexity index is 1190. The first-order chi connectivity index (χ1) is 20.0. The second-order valence-corrected chi connectivity index (χ2v) is 10.4. The van der Waals surface area contributed by atoms with E-state index in [1.165, 1.54) is 5.56 Å². The van der Waals surface area contributed by atoms with Crippen LogP contribution in [-0.2, 0) is 17.6 Å². The van der Waals surface area contributed by atoms with Crippen LogP contribution in [0.2, 0.25) is 0 Å². The first-order valence-corrected chi connectivity index (χ1v) is 14.4. The van der Waals surface area contributed by atoms with Gasteiger partial charge in [0, 0.05) is 31.5 Å². The molecule has 4 rings (SSSR count). The third-order valence-electron chi connectivity index (χ3n) is 7.22. The highest BCUT2D eigenvalue weighted by Gasteiger charge is 2.19. The van der Waals surface area contributed by atoms with Gasteiger partial charge in [-0.15, -0.1) is 0 Å². The third-order valence-corrected chi connectivity index (χ3v) is 7.22. The van der Waals surface area contributed by atoms with Gasteiger partial charge in [-0.05, 0) is 80.0 Å².